The normalized spacial score (nSPS) is 10.6. The van der Waals surface area contributed by atoms with E-state index in [9.17, 15) is 4.79 Å². The molecule has 0 atom stereocenters. The van der Waals surface area contributed by atoms with Crippen LogP contribution in [0.2, 0.25) is 0 Å². The van der Waals surface area contributed by atoms with Crippen LogP contribution in [0.1, 0.15) is 12.0 Å². The molecule has 0 saturated carbocycles. The summed E-state index contributed by atoms with van der Waals surface area (Å²) < 4.78 is 1.08. The number of hydrogen-bond donors (Lipinski definition) is 1. The monoisotopic (exact) mass is 251 g/mol. The number of carbonyl (C=O) groups is 1. The van der Waals surface area contributed by atoms with Crippen LogP contribution in [0.3, 0.4) is 0 Å². The van der Waals surface area contributed by atoms with E-state index in [0.29, 0.717) is 6.42 Å². The number of aromatic amines is 1. The first-order valence-corrected chi connectivity index (χ1v) is 5.29. The third-order valence-electron chi connectivity index (χ3n) is 2.25. The summed E-state index contributed by atoms with van der Waals surface area (Å²) in [5, 5.41) is 1.18. The quantitative estimate of drug-likeness (QED) is 0.836. The minimum Gasteiger partial charge on any atom is -0.360 e. The second kappa shape index (κ2) is 3.96. The molecule has 3 heteroatoms. The molecule has 2 aromatic rings. The second-order valence-electron chi connectivity index (χ2n) is 3.22. The standard InChI is InChI=1S/C11H10BrNO/c12-10-7-13-11-6-8(2-1-5-14)3-4-9(10)11/h3-7,13H,1-2H2. The lowest BCUT2D eigenvalue weighted by Gasteiger charge is -1.97. The van der Waals surface area contributed by atoms with Crippen LogP contribution >= 0.6 is 15.9 Å². The lowest BCUT2D eigenvalue weighted by Crippen LogP contribution is -1.85. The number of fused-ring (bicyclic) bond motifs is 1. The van der Waals surface area contributed by atoms with Crippen LogP contribution in [0, 0.1) is 0 Å². The van der Waals surface area contributed by atoms with Crippen molar-refractivity contribution in [1.82, 2.24) is 4.98 Å². The van der Waals surface area contributed by atoms with E-state index in [2.05, 4.69) is 39.1 Å². The maximum atomic E-state index is 10.2. The van der Waals surface area contributed by atoms with Crippen LogP contribution in [-0.2, 0) is 11.2 Å². The average molecular weight is 252 g/mol. The molecule has 0 aliphatic carbocycles. The minimum absolute atomic E-state index is 0.591. The van der Waals surface area contributed by atoms with Gasteiger partial charge in [0.25, 0.3) is 0 Å². The van der Waals surface area contributed by atoms with Crippen molar-refractivity contribution in [1.29, 1.82) is 0 Å². The zero-order valence-corrected chi connectivity index (χ0v) is 9.17. The lowest BCUT2D eigenvalue weighted by molar-refractivity contribution is -0.107. The van der Waals surface area contributed by atoms with Crippen molar-refractivity contribution >= 4 is 33.1 Å². The molecule has 0 unspecified atom stereocenters. The summed E-state index contributed by atoms with van der Waals surface area (Å²) in [6, 6.07) is 6.21. The maximum absolute atomic E-state index is 10.2. The number of carbonyl (C=O) groups excluding carboxylic acids is 1. The Bertz CT molecular complexity index is 461. The number of aryl methyl sites for hydroxylation is 1. The van der Waals surface area contributed by atoms with Crippen molar-refractivity contribution in [2.45, 2.75) is 12.8 Å². The predicted molar refractivity (Wildman–Crippen MR) is 60.4 cm³/mol. The number of nitrogens with one attached hydrogen (secondary N) is 1. The molecule has 0 spiro atoms. The molecule has 2 rings (SSSR count). The van der Waals surface area contributed by atoms with E-state index in [1.807, 2.05) is 6.20 Å². The highest BCUT2D eigenvalue weighted by Gasteiger charge is 2.01. The minimum atomic E-state index is 0.591. The fourth-order valence-corrected chi connectivity index (χ4v) is 1.98. The Morgan fingerprint density at radius 1 is 1.43 bits per heavy atom. The lowest BCUT2D eigenvalue weighted by atomic mass is 10.1. The Kier molecular flexibility index (Phi) is 2.68. The number of halogens is 1. The zero-order chi connectivity index (χ0) is 9.97. The Morgan fingerprint density at radius 3 is 3.07 bits per heavy atom. The molecule has 0 bridgehead atoms. The molecular weight excluding hydrogens is 242 g/mol. The van der Waals surface area contributed by atoms with Gasteiger partial charge in [-0.15, -0.1) is 0 Å². The molecule has 0 radical (unpaired) electrons. The van der Waals surface area contributed by atoms with Gasteiger partial charge in [-0.25, -0.2) is 0 Å². The van der Waals surface area contributed by atoms with Gasteiger partial charge < -0.3 is 9.78 Å². The van der Waals surface area contributed by atoms with E-state index in [1.54, 1.807) is 0 Å². The molecule has 0 amide bonds. The smallest absolute Gasteiger partial charge is 0.120 e. The fourth-order valence-electron chi connectivity index (χ4n) is 1.52. The summed E-state index contributed by atoms with van der Waals surface area (Å²) in [5.41, 5.74) is 2.30. The predicted octanol–water partition coefficient (Wildman–Crippen LogP) is 3.06. The number of benzene rings is 1. The SMILES string of the molecule is O=CCCc1ccc2c(Br)c[nH]c2c1. The highest BCUT2D eigenvalue weighted by Crippen LogP contribution is 2.24. The Balaban J connectivity index is 2.36. The van der Waals surface area contributed by atoms with Crippen LogP contribution < -0.4 is 0 Å². The molecule has 0 saturated heterocycles. The molecule has 1 N–H and O–H groups in total. The van der Waals surface area contributed by atoms with Crippen LogP contribution in [0.4, 0.5) is 0 Å². The molecule has 0 aliphatic heterocycles. The zero-order valence-electron chi connectivity index (χ0n) is 7.59. The van der Waals surface area contributed by atoms with Crippen LogP contribution in [0.25, 0.3) is 10.9 Å². The number of H-pyrrole nitrogens is 1. The highest BCUT2D eigenvalue weighted by molar-refractivity contribution is 9.10. The van der Waals surface area contributed by atoms with Crippen LogP contribution in [0.5, 0.6) is 0 Å². The summed E-state index contributed by atoms with van der Waals surface area (Å²) in [4.78, 5) is 13.4. The molecule has 1 aromatic carbocycles. The Labute approximate surface area is 90.4 Å². The van der Waals surface area contributed by atoms with Crippen LogP contribution in [-0.4, -0.2) is 11.3 Å². The first-order valence-electron chi connectivity index (χ1n) is 4.50. The largest absolute Gasteiger partial charge is 0.360 e. The molecule has 0 aliphatic rings. The summed E-state index contributed by atoms with van der Waals surface area (Å²) >= 11 is 3.46. The highest BCUT2D eigenvalue weighted by atomic mass is 79.9. The molecule has 1 heterocycles. The maximum Gasteiger partial charge on any atom is 0.120 e. The second-order valence-corrected chi connectivity index (χ2v) is 4.08. The summed E-state index contributed by atoms with van der Waals surface area (Å²) in [6.07, 6.45) is 4.28. The van der Waals surface area contributed by atoms with Gasteiger partial charge in [-0.3, -0.25) is 0 Å². The number of aldehydes is 1. The van der Waals surface area contributed by atoms with Gasteiger partial charge in [0.1, 0.15) is 6.29 Å². The third-order valence-corrected chi connectivity index (χ3v) is 2.90. The molecule has 14 heavy (non-hydrogen) atoms. The summed E-state index contributed by atoms with van der Waals surface area (Å²) in [7, 11) is 0. The van der Waals surface area contributed by atoms with E-state index in [0.717, 1.165) is 22.7 Å². The molecule has 0 fully saturated rings. The van der Waals surface area contributed by atoms with Gasteiger partial charge in [-0.05, 0) is 34.0 Å². The fraction of sp³-hybridized carbons (Fsp3) is 0.182. The van der Waals surface area contributed by atoms with Gasteiger partial charge in [0.2, 0.25) is 0 Å². The number of aromatic nitrogens is 1. The number of rotatable bonds is 3. The third kappa shape index (κ3) is 1.73. The Hall–Kier alpha value is -1.09. The molecular formula is C11H10BrNO. The van der Waals surface area contributed by atoms with Gasteiger partial charge in [0, 0.05) is 28.0 Å². The molecule has 72 valence electrons. The summed E-state index contributed by atoms with van der Waals surface area (Å²) in [6.45, 7) is 0. The first-order chi connectivity index (χ1) is 6.81. The Morgan fingerprint density at radius 2 is 2.29 bits per heavy atom. The van der Waals surface area contributed by atoms with Gasteiger partial charge >= 0.3 is 0 Å². The van der Waals surface area contributed by atoms with Crippen molar-refractivity contribution < 1.29 is 4.79 Å². The molecule has 2 nitrogen and oxygen atoms in total. The van der Waals surface area contributed by atoms with Crippen molar-refractivity contribution in [2.24, 2.45) is 0 Å². The average Bonchev–Trinajstić information content (AvgIpc) is 2.57. The van der Waals surface area contributed by atoms with Gasteiger partial charge in [-0.2, -0.15) is 0 Å². The van der Waals surface area contributed by atoms with Gasteiger partial charge in [0.15, 0.2) is 0 Å². The van der Waals surface area contributed by atoms with E-state index < -0.39 is 0 Å². The van der Waals surface area contributed by atoms with E-state index in [-0.39, 0.29) is 0 Å². The van der Waals surface area contributed by atoms with E-state index in [4.69, 9.17) is 0 Å². The van der Waals surface area contributed by atoms with Gasteiger partial charge in [-0.1, -0.05) is 12.1 Å². The van der Waals surface area contributed by atoms with Crippen LogP contribution in [0.15, 0.2) is 28.9 Å². The van der Waals surface area contributed by atoms with Crippen molar-refractivity contribution in [3.8, 4) is 0 Å². The van der Waals surface area contributed by atoms with Crippen molar-refractivity contribution in [2.75, 3.05) is 0 Å². The number of hydrogen-bond acceptors (Lipinski definition) is 1. The molecule has 1 aromatic heterocycles. The first kappa shape index (κ1) is 9.46. The summed E-state index contributed by atoms with van der Waals surface area (Å²) in [5.74, 6) is 0. The van der Waals surface area contributed by atoms with Crippen molar-refractivity contribution in [3.05, 3.63) is 34.4 Å². The topological polar surface area (TPSA) is 32.9 Å². The van der Waals surface area contributed by atoms with E-state index >= 15 is 0 Å². The van der Waals surface area contributed by atoms with Crippen molar-refractivity contribution in [3.63, 3.8) is 0 Å². The van der Waals surface area contributed by atoms with Gasteiger partial charge in [0.05, 0.1) is 0 Å². The van der Waals surface area contributed by atoms with E-state index in [1.165, 1.54) is 10.9 Å².